The molecule has 1 aliphatic rings. The molecule has 2 heterocycles. The number of aryl methyl sites for hydroxylation is 1. The number of fused-ring (bicyclic) bond motifs is 1. The SMILES string of the molecule is CC(NC(=O)C1Cc2ccccc2CN1)c1nncn1C. The predicted octanol–water partition coefficient (Wildman–Crippen LogP) is 0.707. The van der Waals surface area contributed by atoms with E-state index in [1.807, 2.05) is 30.7 Å². The summed E-state index contributed by atoms with van der Waals surface area (Å²) in [5.74, 6) is 0.750. The van der Waals surface area contributed by atoms with Gasteiger partial charge in [0.25, 0.3) is 0 Å². The van der Waals surface area contributed by atoms with E-state index in [4.69, 9.17) is 0 Å². The maximum atomic E-state index is 12.4. The molecule has 110 valence electrons. The Labute approximate surface area is 123 Å². The first-order valence-electron chi connectivity index (χ1n) is 7.09. The molecule has 3 rings (SSSR count). The van der Waals surface area contributed by atoms with Gasteiger partial charge in [0.1, 0.15) is 6.33 Å². The third-order valence-electron chi connectivity index (χ3n) is 3.89. The summed E-state index contributed by atoms with van der Waals surface area (Å²) in [7, 11) is 1.87. The fraction of sp³-hybridized carbons (Fsp3) is 0.400. The first-order valence-corrected chi connectivity index (χ1v) is 7.09. The van der Waals surface area contributed by atoms with Crippen molar-refractivity contribution in [2.24, 2.45) is 7.05 Å². The van der Waals surface area contributed by atoms with Crippen molar-refractivity contribution in [1.29, 1.82) is 0 Å². The molecular formula is C15H19N5O. The highest BCUT2D eigenvalue weighted by molar-refractivity contribution is 5.82. The average Bonchev–Trinajstić information content (AvgIpc) is 2.93. The van der Waals surface area contributed by atoms with Crippen LogP contribution in [0.1, 0.15) is 29.9 Å². The number of nitrogens with one attached hydrogen (secondary N) is 2. The number of carbonyl (C=O) groups is 1. The van der Waals surface area contributed by atoms with Crippen LogP contribution in [0, 0.1) is 0 Å². The van der Waals surface area contributed by atoms with Gasteiger partial charge in [-0.1, -0.05) is 24.3 Å². The largest absolute Gasteiger partial charge is 0.345 e. The number of hydrogen-bond acceptors (Lipinski definition) is 4. The number of rotatable bonds is 3. The van der Waals surface area contributed by atoms with Crippen molar-refractivity contribution in [2.75, 3.05) is 0 Å². The lowest BCUT2D eigenvalue weighted by Gasteiger charge is -2.26. The zero-order valence-corrected chi connectivity index (χ0v) is 12.2. The van der Waals surface area contributed by atoms with Crippen molar-refractivity contribution >= 4 is 5.91 Å². The summed E-state index contributed by atoms with van der Waals surface area (Å²) in [5.41, 5.74) is 2.51. The standard InChI is InChI=1S/C15H19N5O/c1-10(14-19-17-9-20(14)2)18-15(21)13-7-11-5-3-4-6-12(11)8-16-13/h3-6,9-10,13,16H,7-8H2,1-2H3,(H,18,21). The van der Waals surface area contributed by atoms with Gasteiger partial charge in [-0.05, 0) is 24.5 Å². The van der Waals surface area contributed by atoms with E-state index < -0.39 is 0 Å². The summed E-state index contributed by atoms with van der Waals surface area (Å²) in [5, 5.41) is 14.2. The Hall–Kier alpha value is -2.21. The minimum Gasteiger partial charge on any atom is -0.345 e. The van der Waals surface area contributed by atoms with Crippen molar-refractivity contribution in [3.05, 3.63) is 47.5 Å². The quantitative estimate of drug-likeness (QED) is 0.871. The van der Waals surface area contributed by atoms with Crippen LogP contribution in [0.3, 0.4) is 0 Å². The van der Waals surface area contributed by atoms with Crippen LogP contribution in [-0.4, -0.2) is 26.7 Å². The van der Waals surface area contributed by atoms with Crippen LogP contribution in [0.25, 0.3) is 0 Å². The van der Waals surface area contributed by atoms with Gasteiger partial charge in [-0.25, -0.2) is 0 Å². The van der Waals surface area contributed by atoms with Gasteiger partial charge in [-0.2, -0.15) is 0 Å². The lowest BCUT2D eigenvalue weighted by atomic mass is 9.95. The third-order valence-corrected chi connectivity index (χ3v) is 3.89. The Bertz CT molecular complexity index is 651. The maximum Gasteiger partial charge on any atom is 0.238 e. The van der Waals surface area contributed by atoms with Gasteiger partial charge >= 0.3 is 0 Å². The highest BCUT2D eigenvalue weighted by atomic mass is 16.2. The molecule has 0 saturated heterocycles. The summed E-state index contributed by atoms with van der Waals surface area (Å²) < 4.78 is 1.81. The summed E-state index contributed by atoms with van der Waals surface area (Å²) in [6.07, 6.45) is 2.35. The summed E-state index contributed by atoms with van der Waals surface area (Å²) in [4.78, 5) is 12.4. The molecule has 2 unspecified atom stereocenters. The fourth-order valence-electron chi connectivity index (χ4n) is 2.70. The van der Waals surface area contributed by atoms with Crippen LogP contribution in [0.15, 0.2) is 30.6 Å². The Morgan fingerprint density at radius 2 is 2.19 bits per heavy atom. The molecule has 6 heteroatoms. The Kier molecular flexibility index (Phi) is 3.70. The van der Waals surface area contributed by atoms with E-state index in [1.54, 1.807) is 6.33 Å². The molecule has 2 aromatic rings. The van der Waals surface area contributed by atoms with E-state index >= 15 is 0 Å². The Morgan fingerprint density at radius 1 is 1.43 bits per heavy atom. The first-order chi connectivity index (χ1) is 10.1. The zero-order valence-electron chi connectivity index (χ0n) is 12.2. The molecule has 2 atom stereocenters. The van der Waals surface area contributed by atoms with Crippen molar-refractivity contribution in [3.8, 4) is 0 Å². The van der Waals surface area contributed by atoms with Crippen LogP contribution in [0.2, 0.25) is 0 Å². The molecule has 1 amide bonds. The molecule has 21 heavy (non-hydrogen) atoms. The topological polar surface area (TPSA) is 71.8 Å². The number of nitrogens with zero attached hydrogens (tertiary/aromatic N) is 3. The Balaban J connectivity index is 1.66. The monoisotopic (exact) mass is 285 g/mol. The van der Waals surface area contributed by atoms with Crippen LogP contribution in [0.4, 0.5) is 0 Å². The number of benzene rings is 1. The van der Waals surface area contributed by atoms with Crippen LogP contribution in [0.5, 0.6) is 0 Å². The second-order valence-corrected chi connectivity index (χ2v) is 5.44. The van der Waals surface area contributed by atoms with Gasteiger partial charge in [0, 0.05) is 13.6 Å². The Morgan fingerprint density at radius 3 is 2.90 bits per heavy atom. The summed E-state index contributed by atoms with van der Waals surface area (Å²) in [6, 6.07) is 7.86. The molecule has 1 aromatic carbocycles. The number of amides is 1. The maximum absolute atomic E-state index is 12.4. The fourth-order valence-corrected chi connectivity index (χ4v) is 2.70. The minimum absolute atomic E-state index is 0.00000283. The molecule has 0 aliphatic carbocycles. The second kappa shape index (κ2) is 5.65. The molecule has 0 fully saturated rings. The smallest absolute Gasteiger partial charge is 0.238 e. The van der Waals surface area contributed by atoms with E-state index in [0.717, 1.165) is 12.4 Å². The predicted molar refractivity (Wildman–Crippen MR) is 78.3 cm³/mol. The number of carbonyl (C=O) groups excluding carboxylic acids is 1. The lowest BCUT2D eigenvalue weighted by molar-refractivity contribution is -0.124. The summed E-state index contributed by atoms with van der Waals surface area (Å²) in [6.45, 7) is 2.64. The number of hydrogen-bond donors (Lipinski definition) is 2. The first kappa shape index (κ1) is 13.8. The van der Waals surface area contributed by atoms with E-state index in [9.17, 15) is 4.79 Å². The molecule has 2 N–H and O–H groups in total. The van der Waals surface area contributed by atoms with Gasteiger partial charge in [0.2, 0.25) is 5.91 Å². The highest BCUT2D eigenvalue weighted by Crippen LogP contribution is 2.17. The third kappa shape index (κ3) is 2.80. The molecular weight excluding hydrogens is 266 g/mol. The average molecular weight is 285 g/mol. The molecule has 1 aromatic heterocycles. The van der Waals surface area contributed by atoms with Crippen molar-refractivity contribution in [2.45, 2.75) is 32.0 Å². The normalized spacial score (nSPS) is 18.9. The van der Waals surface area contributed by atoms with Crippen molar-refractivity contribution < 1.29 is 4.79 Å². The highest BCUT2D eigenvalue weighted by Gasteiger charge is 2.25. The van der Waals surface area contributed by atoms with Crippen LogP contribution < -0.4 is 10.6 Å². The molecule has 0 radical (unpaired) electrons. The van der Waals surface area contributed by atoms with Crippen LogP contribution in [-0.2, 0) is 24.8 Å². The van der Waals surface area contributed by atoms with Crippen molar-refractivity contribution in [3.63, 3.8) is 0 Å². The van der Waals surface area contributed by atoms with Crippen molar-refractivity contribution in [1.82, 2.24) is 25.4 Å². The molecule has 0 spiro atoms. The molecule has 1 aliphatic heterocycles. The van der Waals surface area contributed by atoms with Gasteiger partial charge in [0.15, 0.2) is 5.82 Å². The molecule has 6 nitrogen and oxygen atoms in total. The van der Waals surface area contributed by atoms with Crippen LogP contribution >= 0.6 is 0 Å². The second-order valence-electron chi connectivity index (χ2n) is 5.44. The van der Waals surface area contributed by atoms with E-state index in [-0.39, 0.29) is 18.0 Å². The van der Waals surface area contributed by atoms with E-state index in [0.29, 0.717) is 6.42 Å². The molecule has 0 bridgehead atoms. The number of aromatic nitrogens is 3. The zero-order chi connectivity index (χ0) is 14.8. The lowest BCUT2D eigenvalue weighted by Crippen LogP contribution is -2.48. The minimum atomic E-state index is -0.199. The van der Waals surface area contributed by atoms with Gasteiger partial charge in [-0.3, -0.25) is 4.79 Å². The van der Waals surface area contributed by atoms with Gasteiger partial charge < -0.3 is 15.2 Å². The molecule has 0 saturated carbocycles. The van der Waals surface area contributed by atoms with E-state index in [2.05, 4.69) is 33.0 Å². The summed E-state index contributed by atoms with van der Waals surface area (Å²) >= 11 is 0. The van der Waals surface area contributed by atoms with E-state index in [1.165, 1.54) is 11.1 Å². The van der Waals surface area contributed by atoms with Gasteiger partial charge in [-0.15, -0.1) is 10.2 Å². The van der Waals surface area contributed by atoms with Gasteiger partial charge in [0.05, 0.1) is 12.1 Å².